The molecule has 2 N–H and O–H groups in total. The lowest BCUT2D eigenvalue weighted by Gasteiger charge is -2.09. The van der Waals surface area contributed by atoms with Crippen LogP contribution in [-0.4, -0.2) is 11.0 Å². The van der Waals surface area contributed by atoms with Gasteiger partial charge in [0.15, 0.2) is 0 Å². The highest BCUT2D eigenvalue weighted by Crippen LogP contribution is 2.17. The van der Waals surface area contributed by atoms with Crippen molar-refractivity contribution in [2.24, 2.45) is 0 Å². The molecule has 0 aliphatic rings. The summed E-state index contributed by atoms with van der Waals surface area (Å²) in [5, 5.41) is 6.71. The van der Waals surface area contributed by atoms with Gasteiger partial charge in [0.25, 0.3) is 0 Å². The minimum absolute atomic E-state index is 0.195. The Morgan fingerprint density at radius 2 is 2.00 bits per heavy atom. The number of hydrogen-bond donors (Lipinski definition) is 2. The molecule has 1 aromatic carbocycles. The fourth-order valence-corrected chi connectivity index (χ4v) is 2.65. The van der Waals surface area contributed by atoms with Crippen LogP contribution in [0.4, 0.5) is 10.5 Å². The molecule has 5 heteroatoms. The largest absolute Gasteiger partial charge is 0.333 e. The molecule has 0 saturated heterocycles. The third-order valence-electron chi connectivity index (χ3n) is 2.80. The summed E-state index contributed by atoms with van der Waals surface area (Å²) in [6.45, 7) is 6.40. The molecule has 100 valence electrons. The van der Waals surface area contributed by atoms with Crippen molar-refractivity contribution in [2.45, 2.75) is 27.3 Å². The van der Waals surface area contributed by atoms with E-state index in [9.17, 15) is 4.79 Å². The van der Waals surface area contributed by atoms with E-state index in [2.05, 4.69) is 15.6 Å². The number of nitrogens with one attached hydrogen (secondary N) is 2. The van der Waals surface area contributed by atoms with E-state index in [1.165, 1.54) is 0 Å². The van der Waals surface area contributed by atoms with Gasteiger partial charge in [-0.3, -0.25) is 0 Å². The van der Waals surface area contributed by atoms with Crippen LogP contribution in [-0.2, 0) is 6.54 Å². The molecule has 0 unspecified atom stereocenters. The van der Waals surface area contributed by atoms with E-state index < -0.39 is 0 Å². The van der Waals surface area contributed by atoms with Crippen molar-refractivity contribution < 1.29 is 4.79 Å². The van der Waals surface area contributed by atoms with Gasteiger partial charge in [-0.15, -0.1) is 11.3 Å². The number of carbonyl (C=O) groups is 1. The van der Waals surface area contributed by atoms with E-state index in [-0.39, 0.29) is 6.03 Å². The van der Waals surface area contributed by atoms with Gasteiger partial charge in [-0.25, -0.2) is 9.78 Å². The van der Waals surface area contributed by atoms with Crippen molar-refractivity contribution in [3.05, 3.63) is 45.4 Å². The number of aromatic nitrogens is 1. The molecular weight excluding hydrogens is 258 g/mol. The number of amides is 2. The number of carbonyl (C=O) groups excluding carboxylic acids is 1. The molecule has 1 aromatic heterocycles. The number of aryl methyl sites for hydroxylation is 3. The second-order valence-electron chi connectivity index (χ2n) is 4.36. The zero-order chi connectivity index (χ0) is 13.8. The van der Waals surface area contributed by atoms with E-state index >= 15 is 0 Å². The van der Waals surface area contributed by atoms with Crippen LogP contribution in [0.5, 0.6) is 0 Å². The first-order chi connectivity index (χ1) is 9.06. The summed E-state index contributed by atoms with van der Waals surface area (Å²) in [5.41, 5.74) is 2.86. The van der Waals surface area contributed by atoms with E-state index in [0.29, 0.717) is 6.54 Å². The van der Waals surface area contributed by atoms with Crippen LogP contribution >= 0.6 is 11.3 Å². The van der Waals surface area contributed by atoms with Gasteiger partial charge in [-0.1, -0.05) is 18.2 Å². The summed E-state index contributed by atoms with van der Waals surface area (Å²) in [4.78, 5) is 17.2. The van der Waals surface area contributed by atoms with Crippen LogP contribution in [0.2, 0.25) is 0 Å². The van der Waals surface area contributed by atoms with Crippen molar-refractivity contribution in [3.8, 4) is 0 Å². The number of nitrogens with zero attached hydrogens (tertiary/aromatic N) is 1. The number of thiazole rings is 1. The molecule has 2 amide bonds. The zero-order valence-corrected chi connectivity index (χ0v) is 12.1. The highest BCUT2D eigenvalue weighted by Gasteiger charge is 2.07. The van der Waals surface area contributed by atoms with Gasteiger partial charge in [0.1, 0.15) is 0 Å². The lowest BCUT2D eigenvalue weighted by molar-refractivity contribution is 0.252. The van der Waals surface area contributed by atoms with Crippen LogP contribution in [0.25, 0.3) is 0 Å². The number of hydrogen-bond acceptors (Lipinski definition) is 3. The highest BCUT2D eigenvalue weighted by atomic mass is 32.1. The molecule has 0 radical (unpaired) electrons. The first-order valence-corrected chi connectivity index (χ1v) is 6.91. The molecule has 0 fully saturated rings. The van der Waals surface area contributed by atoms with E-state index in [1.807, 2.05) is 45.0 Å². The van der Waals surface area contributed by atoms with Crippen molar-refractivity contribution in [3.63, 3.8) is 0 Å². The van der Waals surface area contributed by atoms with Crippen LogP contribution in [0, 0.1) is 20.8 Å². The maximum absolute atomic E-state index is 11.8. The first kappa shape index (κ1) is 13.5. The highest BCUT2D eigenvalue weighted by molar-refractivity contribution is 7.11. The second-order valence-corrected chi connectivity index (χ2v) is 5.65. The fourth-order valence-electron chi connectivity index (χ4n) is 1.78. The summed E-state index contributed by atoms with van der Waals surface area (Å²) in [7, 11) is 0. The zero-order valence-electron chi connectivity index (χ0n) is 11.3. The average Bonchev–Trinajstić information content (AvgIpc) is 2.68. The van der Waals surface area contributed by atoms with Crippen molar-refractivity contribution in [1.82, 2.24) is 10.3 Å². The Morgan fingerprint density at radius 3 is 2.63 bits per heavy atom. The van der Waals surface area contributed by atoms with Gasteiger partial charge in [-0.2, -0.15) is 0 Å². The number of anilines is 1. The molecule has 19 heavy (non-hydrogen) atoms. The third kappa shape index (κ3) is 3.54. The number of rotatable bonds is 3. The van der Waals surface area contributed by atoms with Crippen molar-refractivity contribution in [1.29, 1.82) is 0 Å². The van der Waals surface area contributed by atoms with Crippen molar-refractivity contribution in [2.75, 3.05) is 5.32 Å². The molecule has 4 nitrogen and oxygen atoms in total. The molecule has 0 aliphatic heterocycles. The third-order valence-corrected chi connectivity index (χ3v) is 3.88. The Labute approximate surface area is 116 Å². The van der Waals surface area contributed by atoms with E-state index in [0.717, 1.165) is 26.8 Å². The van der Waals surface area contributed by atoms with E-state index in [1.54, 1.807) is 11.3 Å². The SMILES string of the molecule is Cc1nc(C)c(CNC(=O)Nc2ccccc2C)s1. The Bertz CT molecular complexity index is 592. The maximum Gasteiger partial charge on any atom is 0.319 e. The van der Waals surface area contributed by atoms with E-state index in [4.69, 9.17) is 0 Å². The minimum atomic E-state index is -0.195. The lowest BCUT2D eigenvalue weighted by Crippen LogP contribution is -2.28. The summed E-state index contributed by atoms with van der Waals surface area (Å²) in [6.07, 6.45) is 0. The first-order valence-electron chi connectivity index (χ1n) is 6.09. The molecule has 0 atom stereocenters. The Kier molecular flexibility index (Phi) is 4.16. The topological polar surface area (TPSA) is 54.0 Å². The Hall–Kier alpha value is -1.88. The summed E-state index contributed by atoms with van der Waals surface area (Å²) in [6, 6.07) is 7.50. The number of benzene rings is 1. The van der Waals surface area contributed by atoms with Crippen LogP contribution in [0.1, 0.15) is 21.1 Å². The average molecular weight is 275 g/mol. The molecule has 0 saturated carbocycles. The predicted molar refractivity (Wildman–Crippen MR) is 78.6 cm³/mol. The van der Waals surface area contributed by atoms with Crippen molar-refractivity contribution >= 4 is 23.1 Å². The molecule has 0 spiro atoms. The predicted octanol–water partition coefficient (Wildman–Crippen LogP) is 3.39. The molecule has 0 aliphatic carbocycles. The molecule has 1 heterocycles. The van der Waals surface area contributed by atoms with Gasteiger partial charge in [0.2, 0.25) is 0 Å². The molecule has 2 aromatic rings. The summed E-state index contributed by atoms with van der Waals surface area (Å²) in [5.74, 6) is 0. The number of urea groups is 1. The minimum Gasteiger partial charge on any atom is -0.333 e. The monoisotopic (exact) mass is 275 g/mol. The Balaban J connectivity index is 1.92. The van der Waals surface area contributed by atoms with Gasteiger partial charge in [-0.05, 0) is 32.4 Å². The van der Waals surface area contributed by atoms with Crippen LogP contribution in [0.15, 0.2) is 24.3 Å². The molecular formula is C14H17N3OS. The maximum atomic E-state index is 11.8. The normalized spacial score (nSPS) is 10.3. The lowest BCUT2D eigenvalue weighted by atomic mass is 10.2. The summed E-state index contributed by atoms with van der Waals surface area (Å²) < 4.78 is 0. The summed E-state index contributed by atoms with van der Waals surface area (Å²) >= 11 is 1.61. The van der Waals surface area contributed by atoms with Gasteiger partial charge < -0.3 is 10.6 Å². The quantitative estimate of drug-likeness (QED) is 0.902. The van der Waals surface area contributed by atoms with Gasteiger partial charge >= 0.3 is 6.03 Å². The number of para-hydroxylation sites is 1. The smallest absolute Gasteiger partial charge is 0.319 e. The van der Waals surface area contributed by atoms with Gasteiger partial charge in [0, 0.05) is 10.6 Å². The van der Waals surface area contributed by atoms with Crippen LogP contribution in [0.3, 0.4) is 0 Å². The second kappa shape index (κ2) is 5.84. The van der Waals surface area contributed by atoms with Gasteiger partial charge in [0.05, 0.1) is 17.2 Å². The molecule has 2 rings (SSSR count). The van der Waals surface area contributed by atoms with Crippen LogP contribution < -0.4 is 10.6 Å². The Morgan fingerprint density at radius 1 is 1.26 bits per heavy atom. The fraction of sp³-hybridized carbons (Fsp3) is 0.286. The molecule has 0 bridgehead atoms. The standard InChI is InChI=1S/C14H17N3OS/c1-9-6-4-5-7-12(9)17-14(18)15-8-13-10(2)16-11(3)19-13/h4-7H,8H2,1-3H3,(H2,15,17,18).